The van der Waals surface area contributed by atoms with Crippen molar-refractivity contribution in [1.82, 2.24) is 20.2 Å². The number of hydrogen-bond acceptors (Lipinski definition) is 6. The molecular formula is C26H30FN5O3. The smallest absolute Gasteiger partial charge is 0.251 e. The Hall–Kier alpha value is -3.30. The molecule has 35 heavy (non-hydrogen) atoms. The number of anilines is 1. The maximum absolute atomic E-state index is 14.9. The second-order valence-electron chi connectivity index (χ2n) is 9.48. The number of aliphatic hydroxyl groups excluding tert-OH is 1. The van der Waals surface area contributed by atoms with E-state index in [1.807, 2.05) is 30.2 Å². The van der Waals surface area contributed by atoms with Gasteiger partial charge in [-0.3, -0.25) is 19.5 Å². The molecule has 1 amide bonds. The molecule has 1 aliphatic carbocycles. The van der Waals surface area contributed by atoms with Crippen molar-refractivity contribution in [3.8, 4) is 0 Å². The van der Waals surface area contributed by atoms with Gasteiger partial charge in [0, 0.05) is 56.1 Å². The van der Waals surface area contributed by atoms with E-state index in [0.29, 0.717) is 50.1 Å². The molecule has 1 saturated heterocycles. The Morgan fingerprint density at radius 3 is 2.66 bits per heavy atom. The number of nitrogens with one attached hydrogen (secondary N) is 2. The number of halogens is 1. The molecule has 0 spiro atoms. The predicted molar refractivity (Wildman–Crippen MR) is 132 cm³/mol. The molecule has 1 saturated carbocycles. The number of piperazine rings is 1. The van der Waals surface area contributed by atoms with Crippen LogP contribution in [0.5, 0.6) is 0 Å². The van der Waals surface area contributed by atoms with Crippen LogP contribution in [0.2, 0.25) is 0 Å². The van der Waals surface area contributed by atoms with E-state index in [0.717, 1.165) is 35.2 Å². The molecule has 8 nitrogen and oxygen atoms in total. The van der Waals surface area contributed by atoms with Crippen LogP contribution in [0.15, 0.2) is 41.3 Å². The van der Waals surface area contributed by atoms with Gasteiger partial charge in [0.1, 0.15) is 5.82 Å². The summed E-state index contributed by atoms with van der Waals surface area (Å²) in [5, 5.41) is 12.2. The number of aromatic nitrogens is 2. The van der Waals surface area contributed by atoms with E-state index in [2.05, 4.69) is 20.2 Å². The number of benzene rings is 1. The maximum atomic E-state index is 14.9. The van der Waals surface area contributed by atoms with E-state index in [9.17, 15) is 19.1 Å². The van der Waals surface area contributed by atoms with Gasteiger partial charge < -0.3 is 20.3 Å². The SMILES string of the molecule is CCc1cc2ncc(CN3CCN(c4ccc(C(=O)N[C@H]5C[C@H](O)C5)cc4F)CC3)cc2[nH]c1=O. The standard InChI is InChI=1S/C26H30FN5O3/c1-2-17-11-22-23(30-25(17)34)9-16(14-28-22)15-31-5-7-32(8-6-31)24-4-3-18(10-21(24)27)26(35)29-19-12-20(33)13-19/h3-4,9-11,14,19-20,33H,2,5-8,12-13,15H2,1H3,(H,29,35)(H,30,34)/t19-,20-. The topological polar surface area (TPSA) is 102 Å². The number of H-pyrrole nitrogens is 1. The molecule has 184 valence electrons. The van der Waals surface area contributed by atoms with E-state index in [-0.39, 0.29) is 23.6 Å². The number of aromatic amines is 1. The molecule has 0 radical (unpaired) electrons. The highest BCUT2D eigenvalue weighted by molar-refractivity contribution is 5.94. The zero-order valence-electron chi connectivity index (χ0n) is 19.8. The summed E-state index contributed by atoms with van der Waals surface area (Å²) in [4.78, 5) is 36.2. The van der Waals surface area contributed by atoms with Crippen LogP contribution in [0.1, 0.15) is 41.3 Å². The Morgan fingerprint density at radius 1 is 1.20 bits per heavy atom. The fourth-order valence-electron chi connectivity index (χ4n) is 4.80. The summed E-state index contributed by atoms with van der Waals surface area (Å²) in [6.45, 7) is 5.50. The minimum Gasteiger partial charge on any atom is -0.393 e. The van der Waals surface area contributed by atoms with Crippen LogP contribution in [0, 0.1) is 5.82 Å². The summed E-state index contributed by atoms with van der Waals surface area (Å²) in [5.41, 5.74) is 3.99. The number of carbonyl (C=O) groups excluding carboxylic acids is 1. The number of carbonyl (C=O) groups is 1. The number of amides is 1. The minimum absolute atomic E-state index is 0.0415. The fraction of sp³-hybridized carbons (Fsp3) is 0.423. The average molecular weight is 480 g/mol. The van der Waals surface area contributed by atoms with Crippen LogP contribution in [-0.4, -0.2) is 64.2 Å². The summed E-state index contributed by atoms with van der Waals surface area (Å²) < 4.78 is 14.9. The lowest BCUT2D eigenvalue weighted by Gasteiger charge is -2.36. The zero-order valence-corrected chi connectivity index (χ0v) is 19.8. The van der Waals surface area contributed by atoms with Gasteiger partial charge in [-0.15, -0.1) is 0 Å². The third-order valence-electron chi connectivity index (χ3n) is 6.98. The van der Waals surface area contributed by atoms with Gasteiger partial charge in [0.2, 0.25) is 0 Å². The summed E-state index contributed by atoms with van der Waals surface area (Å²) >= 11 is 0. The molecule has 1 aliphatic heterocycles. The number of nitrogens with zero attached hydrogens (tertiary/aromatic N) is 3. The molecule has 0 bridgehead atoms. The molecule has 2 fully saturated rings. The maximum Gasteiger partial charge on any atom is 0.251 e. The molecule has 3 heterocycles. The third kappa shape index (κ3) is 5.06. The molecule has 2 aromatic heterocycles. The summed E-state index contributed by atoms with van der Waals surface area (Å²) in [7, 11) is 0. The lowest BCUT2D eigenvalue weighted by molar-refractivity contribution is 0.0562. The van der Waals surface area contributed by atoms with Crippen molar-refractivity contribution in [3.05, 3.63) is 69.4 Å². The van der Waals surface area contributed by atoms with Gasteiger partial charge in [0.05, 0.1) is 22.8 Å². The van der Waals surface area contributed by atoms with Crippen LogP contribution in [0.3, 0.4) is 0 Å². The Kier molecular flexibility index (Phi) is 6.53. The van der Waals surface area contributed by atoms with Crippen molar-refractivity contribution in [2.75, 3.05) is 31.1 Å². The highest BCUT2D eigenvalue weighted by Crippen LogP contribution is 2.24. The first kappa shape index (κ1) is 23.4. The highest BCUT2D eigenvalue weighted by Gasteiger charge is 2.29. The molecule has 3 N–H and O–H groups in total. The summed E-state index contributed by atoms with van der Waals surface area (Å²) in [5.74, 6) is -0.720. The lowest BCUT2D eigenvalue weighted by Crippen LogP contribution is -2.47. The number of pyridine rings is 2. The monoisotopic (exact) mass is 479 g/mol. The highest BCUT2D eigenvalue weighted by atomic mass is 19.1. The molecule has 9 heteroatoms. The Bertz CT molecular complexity index is 1300. The van der Waals surface area contributed by atoms with Crippen molar-refractivity contribution >= 4 is 22.6 Å². The van der Waals surface area contributed by atoms with Gasteiger partial charge in [-0.25, -0.2) is 4.39 Å². The van der Waals surface area contributed by atoms with Crippen LogP contribution < -0.4 is 15.8 Å². The lowest BCUT2D eigenvalue weighted by atomic mass is 9.89. The Morgan fingerprint density at radius 2 is 1.97 bits per heavy atom. The second-order valence-corrected chi connectivity index (χ2v) is 9.48. The average Bonchev–Trinajstić information content (AvgIpc) is 2.83. The van der Waals surface area contributed by atoms with E-state index in [1.165, 1.54) is 6.07 Å². The van der Waals surface area contributed by atoms with Crippen molar-refractivity contribution in [2.45, 2.75) is 44.9 Å². The molecule has 2 aliphatic rings. The third-order valence-corrected chi connectivity index (χ3v) is 6.98. The van der Waals surface area contributed by atoms with Crippen LogP contribution in [0.25, 0.3) is 11.0 Å². The van der Waals surface area contributed by atoms with E-state index in [4.69, 9.17) is 0 Å². The molecule has 1 aromatic carbocycles. The quantitative estimate of drug-likeness (QED) is 0.501. The molecule has 0 atom stereocenters. The largest absolute Gasteiger partial charge is 0.393 e. The molecular weight excluding hydrogens is 449 g/mol. The second kappa shape index (κ2) is 9.75. The van der Waals surface area contributed by atoms with E-state index >= 15 is 0 Å². The summed E-state index contributed by atoms with van der Waals surface area (Å²) in [6.07, 6.45) is 3.25. The first-order valence-electron chi connectivity index (χ1n) is 12.2. The predicted octanol–water partition coefficient (Wildman–Crippen LogP) is 2.20. The Balaban J connectivity index is 1.18. The van der Waals surface area contributed by atoms with Gasteiger partial charge >= 0.3 is 0 Å². The fourth-order valence-corrected chi connectivity index (χ4v) is 4.80. The van der Waals surface area contributed by atoms with Gasteiger partial charge in [0.15, 0.2) is 0 Å². The molecule has 5 rings (SSSR count). The first-order chi connectivity index (χ1) is 16.9. The number of hydrogen-bond donors (Lipinski definition) is 3. The minimum atomic E-state index is -0.408. The van der Waals surface area contributed by atoms with Crippen LogP contribution >= 0.6 is 0 Å². The normalized spacial score (nSPS) is 20.6. The first-order valence-corrected chi connectivity index (χ1v) is 12.2. The number of aryl methyl sites for hydroxylation is 1. The Labute approximate surface area is 202 Å². The van der Waals surface area contributed by atoms with Crippen molar-refractivity contribution < 1.29 is 14.3 Å². The van der Waals surface area contributed by atoms with Crippen molar-refractivity contribution in [2.24, 2.45) is 0 Å². The molecule has 0 unspecified atom stereocenters. The van der Waals surface area contributed by atoms with Crippen LogP contribution in [-0.2, 0) is 13.0 Å². The number of aliphatic hydroxyl groups is 1. The van der Waals surface area contributed by atoms with E-state index < -0.39 is 5.82 Å². The number of rotatable bonds is 6. The van der Waals surface area contributed by atoms with Crippen molar-refractivity contribution in [1.29, 1.82) is 0 Å². The van der Waals surface area contributed by atoms with Crippen molar-refractivity contribution in [3.63, 3.8) is 0 Å². The summed E-state index contributed by atoms with van der Waals surface area (Å²) in [6, 6.07) is 8.39. The molecule has 3 aromatic rings. The van der Waals surface area contributed by atoms with Crippen LogP contribution in [0.4, 0.5) is 10.1 Å². The number of fused-ring (bicyclic) bond motifs is 1. The zero-order chi connectivity index (χ0) is 24.5. The van der Waals surface area contributed by atoms with E-state index in [1.54, 1.807) is 12.1 Å². The van der Waals surface area contributed by atoms with Gasteiger partial charge in [-0.2, -0.15) is 0 Å². The van der Waals surface area contributed by atoms with Gasteiger partial charge in [-0.05, 0) is 55.2 Å². The van der Waals surface area contributed by atoms with Gasteiger partial charge in [-0.1, -0.05) is 6.92 Å². The van der Waals surface area contributed by atoms with Gasteiger partial charge in [0.25, 0.3) is 11.5 Å².